The second kappa shape index (κ2) is 12.3. The van der Waals surface area contributed by atoms with Gasteiger partial charge >= 0.3 is 13.2 Å². The van der Waals surface area contributed by atoms with Crippen LogP contribution >= 0.6 is 0 Å². The molecule has 0 spiro atoms. The highest BCUT2D eigenvalue weighted by atomic mass is 16.5. The summed E-state index contributed by atoms with van der Waals surface area (Å²) in [4.78, 5) is 28.1. The molecule has 0 saturated heterocycles. The molecule has 0 fully saturated rings. The fourth-order valence-electron chi connectivity index (χ4n) is 3.33. The van der Waals surface area contributed by atoms with E-state index in [1.807, 2.05) is 54.6 Å². The number of hydrogen-bond acceptors (Lipinski definition) is 7. The summed E-state index contributed by atoms with van der Waals surface area (Å²) < 4.78 is 6.53. The first-order valence-electron chi connectivity index (χ1n) is 10.9. The summed E-state index contributed by atoms with van der Waals surface area (Å²) in [5.41, 5.74) is 2.72. The van der Waals surface area contributed by atoms with Crippen LogP contribution < -0.4 is 10.9 Å². The lowest BCUT2D eigenvalue weighted by Crippen LogP contribution is -2.48. The highest BCUT2D eigenvalue weighted by Crippen LogP contribution is 2.16. The lowest BCUT2D eigenvalue weighted by Gasteiger charge is -2.17. The molecule has 3 N–H and O–H groups in total. The van der Waals surface area contributed by atoms with E-state index >= 15 is 0 Å². The first kappa shape index (κ1) is 25.4. The van der Waals surface area contributed by atoms with Crippen LogP contribution in [-0.4, -0.2) is 45.4 Å². The molecule has 0 saturated carbocycles. The molecule has 0 bridgehead atoms. The fourth-order valence-corrected chi connectivity index (χ4v) is 3.33. The van der Waals surface area contributed by atoms with Crippen molar-refractivity contribution in [1.82, 2.24) is 14.9 Å². The zero-order chi connectivity index (χ0) is 25.2. The molecule has 0 aliphatic carbocycles. The zero-order valence-electron chi connectivity index (χ0n) is 19.2. The second-order valence-electron chi connectivity index (χ2n) is 7.88. The van der Waals surface area contributed by atoms with Crippen molar-refractivity contribution < 1.29 is 19.6 Å². The number of nitrogens with one attached hydrogen (secondary N) is 1. The van der Waals surface area contributed by atoms with Crippen molar-refractivity contribution in [2.45, 2.75) is 18.8 Å². The number of aryl methyl sites for hydroxylation is 1. The predicted octanol–water partition coefficient (Wildman–Crippen LogP) is 1.74. The van der Waals surface area contributed by atoms with Crippen LogP contribution in [0, 0.1) is 11.3 Å². The van der Waals surface area contributed by atoms with E-state index in [0.717, 1.165) is 16.7 Å². The number of nitriles is 1. The van der Waals surface area contributed by atoms with Crippen molar-refractivity contribution in [2.24, 2.45) is 7.05 Å². The van der Waals surface area contributed by atoms with Crippen LogP contribution in [-0.2, 0) is 24.6 Å². The number of carbonyl (C=O) groups is 1. The molecular formula is C25H25BN4O5. The highest BCUT2D eigenvalue weighted by molar-refractivity contribution is 6.43. The predicted molar refractivity (Wildman–Crippen MR) is 132 cm³/mol. The molecule has 10 heteroatoms. The number of carbonyl (C=O) groups excluding carboxylic acids is 1. The maximum atomic E-state index is 12.2. The standard InChI is InChI=1S/C25H25BN4O5/c1-30-17-28-22(15-24(30)31)21(16-27)13-20-9-5-8-19(12-20)10-11-35-25(32)29-23(26(33)34)14-18-6-3-2-4-7-18/h2-9,12-13,15,17,23,33-34H,10-11,14H2,1H3,(H,29,32)/t23-/m0/s1. The molecule has 0 aliphatic heterocycles. The number of aromatic nitrogens is 2. The third-order valence-corrected chi connectivity index (χ3v) is 5.22. The van der Waals surface area contributed by atoms with Crippen LogP contribution in [0.25, 0.3) is 11.6 Å². The van der Waals surface area contributed by atoms with E-state index < -0.39 is 19.2 Å². The largest absolute Gasteiger partial charge is 0.475 e. The van der Waals surface area contributed by atoms with E-state index in [4.69, 9.17) is 4.74 Å². The molecule has 178 valence electrons. The summed E-state index contributed by atoms with van der Waals surface area (Å²) in [6, 6.07) is 19.9. The van der Waals surface area contributed by atoms with Gasteiger partial charge in [0, 0.05) is 19.5 Å². The Labute approximate surface area is 203 Å². The lowest BCUT2D eigenvalue weighted by molar-refractivity contribution is 0.144. The minimum absolute atomic E-state index is 0.0694. The zero-order valence-corrected chi connectivity index (χ0v) is 19.2. The highest BCUT2D eigenvalue weighted by Gasteiger charge is 2.26. The third-order valence-electron chi connectivity index (χ3n) is 5.22. The van der Waals surface area contributed by atoms with Crippen molar-refractivity contribution in [3.8, 4) is 6.07 Å². The molecule has 9 nitrogen and oxygen atoms in total. The van der Waals surface area contributed by atoms with Crippen molar-refractivity contribution in [2.75, 3.05) is 6.61 Å². The van der Waals surface area contributed by atoms with E-state index in [-0.39, 0.29) is 29.9 Å². The number of allylic oxidation sites excluding steroid dienone is 1. The molecule has 0 unspecified atom stereocenters. The maximum absolute atomic E-state index is 12.2. The molecule has 2 aromatic carbocycles. The molecule has 3 rings (SSSR count). The number of hydrogen-bond donors (Lipinski definition) is 3. The summed E-state index contributed by atoms with van der Waals surface area (Å²) in [7, 11) is -0.157. The van der Waals surface area contributed by atoms with Gasteiger partial charge in [-0.1, -0.05) is 54.6 Å². The Balaban J connectivity index is 1.58. The summed E-state index contributed by atoms with van der Waals surface area (Å²) in [5.74, 6) is -0.911. The van der Waals surface area contributed by atoms with Crippen molar-refractivity contribution in [3.05, 3.63) is 99.7 Å². The van der Waals surface area contributed by atoms with Gasteiger partial charge in [-0.3, -0.25) is 4.79 Å². The maximum Gasteiger partial charge on any atom is 0.475 e. The van der Waals surface area contributed by atoms with Crippen LogP contribution in [0.1, 0.15) is 22.4 Å². The van der Waals surface area contributed by atoms with Gasteiger partial charge in [-0.25, -0.2) is 9.78 Å². The summed E-state index contributed by atoms with van der Waals surface area (Å²) in [5, 5.41) is 31.2. The third kappa shape index (κ3) is 7.67. The Morgan fingerprint density at radius 3 is 2.63 bits per heavy atom. The number of nitrogens with zero attached hydrogens (tertiary/aromatic N) is 3. The quantitative estimate of drug-likeness (QED) is 0.319. The Bertz CT molecular complexity index is 1280. The van der Waals surface area contributed by atoms with E-state index in [9.17, 15) is 24.9 Å². The number of benzene rings is 2. The van der Waals surface area contributed by atoms with Crippen LogP contribution in [0.2, 0.25) is 0 Å². The number of amides is 1. The van der Waals surface area contributed by atoms with E-state index in [2.05, 4.69) is 16.4 Å². The molecule has 1 atom stereocenters. The fraction of sp³-hybridized carbons (Fsp3) is 0.200. The number of alkyl carbamates (subject to hydrolysis) is 1. The van der Waals surface area contributed by atoms with Gasteiger partial charge in [0.15, 0.2) is 0 Å². The Hall–Kier alpha value is -4.20. The molecule has 1 amide bonds. The van der Waals surface area contributed by atoms with Crippen molar-refractivity contribution >= 4 is 24.9 Å². The van der Waals surface area contributed by atoms with Crippen LogP contribution in [0.15, 0.2) is 71.8 Å². The molecule has 0 aliphatic rings. The second-order valence-corrected chi connectivity index (χ2v) is 7.88. The Kier molecular flexibility index (Phi) is 8.95. The monoisotopic (exact) mass is 472 g/mol. The first-order valence-corrected chi connectivity index (χ1v) is 10.9. The molecular weight excluding hydrogens is 447 g/mol. The molecule has 3 aromatic rings. The number of rotatable bonds is 9. The van der Waals surface area contributed by atoms with Gasteiger partial charge in [-0.15, -0.1) is 0 Å². The van der Waals surface area contributed by atoms with Crippen molar-refractivity contribution in [1.29, 1.82) is 5.26 Å². The Morgan fingerprint density at radius 2 is 1.94 bits per heavy atom. The van der Waals surface area contributed by atoms with Gasteiger partial charge in [0.1, 0.15) is 6.07 Å². The van der Waals surface area contributed by atoms with Gasteiger partial charge in [-0.2, -0.15) is 5.26 Å². The van der Waals surface area contributed by atoms with E-state index in [1.165, 1.54) is 17.0 Å². The van der Waals surface area contributed by atoms with Crippen molar-refractivity contribution in [3.63, 3.8) is 0 Å². The van der Waals surface area contributed by atoms with Crippen LogP contribution in [0.5, 0.6) is 0 Å². The average Bonchev–Trinajstić information content (AvgIpc) is 2.85. The van der Waals surface area contributed by atoms with Crippen LogP contribution in [0.4, 0.5) is 4.79 Å². The minimum Gasteiger partial charge on any atom is -0.449 e. The SMILES string of the molecule is Cn1cnc(C(C#N)=Cc2cccc(CCOC(=O)N[C@@H](Cc3ccccc3)B(O)O)c2)cc1=O. The average molecular weight is 472 g/mol. The van der Waals surface area contributed by atoms with E-state index in [1.54, 1.807) is 13.1 Å². The normalized spacial score (nSPS) is 11.9. The summed E-state index contributed by atoms with van der Waals surface area (Å²) in [6.45, 7) is 0.0694. The topological polar surface area (TPSA) is 137 Å². The molecule has 1 heterocycles. The minimum atomic E-state index is -1.74. The van der Waals surface area contributed by atoms with Gasteiger partial charge in [0.25, 0.3) is 5.56 Å². The smallest absolute Gasteiger partial charge is 0.449 e. The first-order chi connectivity index (χ1) is 16.9. The molecule has 1 aromatic heterocycles. The number of ether oxygens (including phenoxy) is 1. The Morgan fingerprint density at radius 1 is 1.20 bits per heavy atom. The van der Waals surface area contributed by atoms with Gasteiger partial charge in [-0.05, 0) is 29.2 Å². The molecule has 35 heavy (non-hydrogen) atoms. The van der Waals surface area contributed by atoms with E-state index in [0.29, 0.717) is 6.42 Å². The summed E-state index contributed by atoms with van der Waals surface area (Å²) >= 11 is 0. The lowest BCUT2D eigenvalue weighted by atomic mass is 9.76. The van der Waals surface area contributed by atoms with Gasteiger partial charge in [0.2, 0.25) is 0 Å². The van der Waals surface area contributed by atoms with Gasteiger partial charge < -0.3 is 24.7 Å². The van der Waals surface area contributed by atoms with Crippen LogP contribution in [0.3, 0.4) is 0 Å². The van der Waals surface area contributed by atoms with Gasteiger partial charge in [0.05, 0.1) is 30.1 Å². The summed E-state index contributed by atoms with van der Waals surface area (Å²) in [6.07, 6.45) is 2.90. The molecule has 0 radical (unpaired) electrons.